The number of nitrogens with one attached hydrogen (secondary N) is 2. The number of rotatable bonds is 4. The summed E-state index contributed by atoms with van der Waals surface area (Å²) in [6, 6.07) is -0.950. The predicted octanol–water partition coefficient (Wildman–Crippen LogP) is 5.27. The van der Waals surface area contributed by atoms with Crippen LogP contribution in [0.1, 0.15) is 77.0 Å². The maximum absolute atomic E-state index is 13.0. The molecule has 2 amide bonds. The van der Waals surface area contributed by atoms with Crippen LogP contribution < -0.4 is 10.6 Å². The lowest BCUT2D eigenvalue weighted by Gasteiger charge is -2.34. The molecule has 0 saturated heterocycles. The Balaban J connectivity index is 1.41. The zero-order valence-corrected chi connectivity index (χ0v) is 18.0. The average molecular weight is 470 g/mol. The van der Waals surface area contributed by atoms with E-state index in [0.717, 1.165) is 0 Å². The van der Waals surface area contributed by atoms with Gasteiger partial charge in [-0.25, -0.2) is 0 Å². The summed E-state index contributed by atoms with van der Waals surface area (Å²) < 4.78 is 77.8. The van der Waals surface area contributed by atoms with Crippen molar-refractivity contribution in [3.05, 3.63) is 0 Å². The van der Waals surface area contributed by atoms with E-state index in [1.165, 1.54) is 0 Å². The molecule has 4 nitrogen and oxygen atoms in total. The zero-order valence-electron chi connectivity index (χ0n) is 18.0. The van der Waals surface area contributed by atoms with E-state index in [1.54, 1.807) is 0 Å². The maximum Gasteiger partial charge on any atom is 0.391 e. The largest absolute Gasteiger partial charge is 0.391 e. The van der Waals surface area contributed by atoms with E-state index in [1.807, 2.05) is 0 Å². The summed E-state index contributed by atoms with van der Waals surface area (Å²) in [6.07, 6.45) is -4.72. The second-order valence-corrected chi connectivity index (χ2v) is 9.77. The molecule has 0 aromatic carbocycles. The molecule has 0 heterocycles. The fourth-order valence-electron chi connectivity index (χ4n) is 5.49. The van der Waals surface area contributed by atoms with Gasteiger partial charge in [0.15, 0.2) is 0 Å². The molecule has 3 fully saturated rings. The second kappa shape index (κ2) is 10.2. The Labute approximate surface area is 184 Å². The first-order chi connectivity index (χ1) is 14.9. The van der Waals surface area contributed by atoms with Crippen LogP contribution >= 0.6 is 0 Å². The molecule has 184 valence electrons. The van der Waals surface area contributed by atoms with Gasteiger partial charge in [0.2, 0.25) is 11.8 Å². The number of carbonyl (C=O) groups excluding carboxylic acids is 2. The molecular weight excluding hydrogens is 438 g/mol. The maximum atomic E-state index is 13.0. The number of alkyl halides is 6. The van der Waals surface area contributed by atoms with Gasteiger partial charge in [0, 0.05) is 23.9 Å². The number of halogens is 6. The van der Waals surface area contributed by atoms with Crippen LogP contribution in [-0.2, 0) is 9.59 Å². The lowest BCUT2D eigenvalue weighted by molar-refractivity contribution is -0.184. The van der Waals surface area contributed by atoms with Crippen molar-refractivity contribution in [1.29, 1.82) is 0 Å². The van der Waals surface area contributed by atoms with E-state index < -0.39 is 36.3 Å². The summed E-state index contributed by atoms with van der Waals surface area (Å²) >= 11 is 0. The Kier molecular flexibility index (Phi) is 8.02. The molecule has 3 rings (SSSR count). The minimum Gasteiger partial charge on any atom is -0.353 e. The SMILES string of the molecule is O=C(NC1CCCC(C(F)(F)F)C1)C1CCC(C(=O)NC2CCCC(C(F)(F)F)C2)CC1. The van der Waals surface area contributed by atoms with Crippen molar-refractivity contribution in [2.45, 2.75) is 101 Å². The molecule has 2 N–H and O–H groups in total. The third kappa shape index (κ3) is 6.76. The lowest BCUT2D eigenvalue weighted by atomic mass is 9.79. The van der Waals surface area contributed by atoms with Crippen molar-refractivity contribution in [1.82, 2.24) is 10.6 Å². The van der Waals surface area contributed by atoms with E-state index in [4.69, 9.17) is 0 Å². The Morgan fingerprint density at radius 2 is 0.906 bits per heavy atom. The van der Waals surface area contributed by atoms with Gasteiger partial charge in [-0.1, -0.05) is 12.8 Å². The quantitative estimate of drug-likeness (QED) is 0.550. The number of amides is 2. The molecule has 3 saturated carbocycles. The van der Waals surface area contributed by atoms with Crippen LogP contribution in [0.25, 0.3) is 0 Å². The Morgan fingerprint density at radius 1 is 0.562 bits per heavy atom. The van der Waals surface area contributed by atoms with Crippen molar-refractivity contribution in [2.24, 2.45) is 23.7 Å². The minimum absolute atomic E-state index is 0.0900. The Hall–Kier alpha value is -1.48. The van der Waals surface area contributed by atoms with Crippen LogP contribution in [0.5, 0.6) is 0 Å². The molecule has 0 aromatic rings. The highest BCUT2D eigenvalue weighted by molar-refractivity contribution is 5.81. The van der Waals surface area contributed by atoms with E-state index in [9.17, 15) is 35.9 Å². The van der Waals surface area contributed by atoms with Crippen molar-refractivity contribution < 1.29 is 35.9 Å². The second-order valence-electron chi connectivity index (χ2n) is 9.77. The van der Waals surface area contributed by atoms with Gasteiger partial charge in [0.1, 0.15) is 0 Å². The van der Waals surface area contributed by atoms with Crippen LogP contribution in [-0.4, -0.2) is 36.3 Å². The van der Waals surface area contributed by atoms with Crippen molar-refractivity contribution >= 4 is 11.8 Å². The molecule has 4 atom stereocenters. The van der Waals surface area contributed by atoms with Gasteiger partial charge in [-0.3, -0.25) is 9.59 Å². The first-order valence-corrected chi connectivity index (χ1v) is 11.7. The third-order valence-corrected chi connectivity index (χ3v) is 7.44. The van der Waals surface area contributed by atoms with Crippen molar-refractivity contribution in [2.75, 3.05) is 0 Å². The number of hydrogen-bond donors (Lipinski definition) is 2. The molecule has 4 unspecified atom stereocenters. The molecule has 3 aliphatic carbocycles. The lowest BCUT2D eigenvalue weighted by Crippen LogP contribution is -2.46. The molecule has 0 aliphatic heterocycles. The molecule has 3 aliphatic rings. The van der Waals surface area contributed by atoms with Crippen LogP contribution in [0.3, 0.4) is 0 Å². The average Bonchev–Trinajstić information content (AvgIpc) is 2.73. The molecule has 0 radical (unpaired) electrons. The topological polar surface area (TPSA) is 58.2 Å². The summed E-state index contributed by atoms with van der Waals surface area (Å²) in [5, 5.41) is 5.55. The van der Waals surface area contributed by atoms with Gasteiger partial charge in [0.05, 0.1) is 11.8 Å². The van der Waals surface area contributed by atoms with Gasteiger partial charge in [-0.05, 0) is 64.2 Å². The predicted molar refractivity (Wildman–Crippen MR) is 105 cm³/mol. The Morgan fingerprint density at radius 3 is 1.22 bits per heavy atom. The first kappa shape index (κ1) is 25.1. The Bertz CT molecular complexity index is 602. The van der Waals surface area contributed by atoms with Gasteiger partial charge in [0.25, 0.3) is 0 Å². The van der Waals surface area contributed by atoms with E-state index in [0.29, 0.717) is 51.4 Å². The molecule has 32 heavy (non-hydrogen) atoms. The van der Waals surface area contributed by atoms with Gasteiger partial charge in [-0.15, -0.1) is 0 Å². The summed E-state index contributed by atoms with van der Waals surface area (Å²) in [4.78, 5) is 25.1. The summed E-state index contributed by atoms with van der Waals surface area (Å²) in [7, 11) is 0. The molecular formula is C22H32F6N2O2. The molecule has 0 spiro atoms. The summed E-state index contributed by atoms with van der Waals surface area (Å²) in [5.41, 5.74) is 0. The van der Waals surface area contributed by atoms with Crippen molar-refractivity contribution in [3.8, 4) is 0 Å². The fraction of sp³-hybridized carbons (Fsp3) is 0.909. The molecule has 10 heteroatoms. The highest BCUT2D eigenvalue weighted by Crippen LogP contribution is 2.39. The van der Waals surface area contributed by atoms with Crippen LogP contribution in [0.15, 0.2) is 0 Å². The van der Waals surface area contributed by atoms with Crippen LogP contribution in [0, 0.1) is 23.7 Å². The van der Waals surface area contributed by atoms with E-state index in [-0.39, 0.29) is 49.3 Å². The summed E-state index contributed by atoms with van der Waals surface area (Å²) in [5.74, 6) is -3.94. The van der Waals surface area contributed by atoms with Gasteiger partial charge < -0.3 is 10.6 Å². The highest BCUT2D eigenvalue weighted by Gasteiger charge is 2.44. The fourth-order valence-corrected chi connectivity index (χ4v) is 5.49. The molecule has 0 aromatic heterocycles. The van der Waals surface area contributed by atoms with Crippen LogP contribution in [0.4, 0.5) is 26.3 Å². The van der Waals surface area contributed by atoms with Crippen LogP contribution in [0.2, 0.25) is 0 Å². The minimum atomic E-state index is -4.24. The normalized spacial score (nSPS) is 34.6. The standard InChI is InChI=1S/C22H32F6N2O2/c23-21(24,25)15-3-1-5-17(11-15)29-19(31)13-7-9-14(10-8-13)20(32)30-18-6-2-4-16(12-18)22(26,27)28/h13-18H,1-12H2,(H,29,31)(H,30,32). The van der Waals surface area contributed by atoms with Gasteiger partial charge in [-0.2, -0.15) is 26.3 Å². The molecule has 0 bridgehead atoms. The van der Waals surface area contributed by atoms with Crippen molar-refractivity contribution in [3.63, 3.8) is 0 Å². The highest BCUT2D eigenvalue weighted by atomic mass is 19.4. The summed E-state index contributed by atoms with van der Waals surface area (Å²) in [6.45, 7) is 0. The smallest absolute Gasteiger partial charge is 0.353 e. The van der Waals surface area contributed by atoms with Gasteiger partial charge >= 0.3 is 12.4 Å². The monoisotopic (exact) mass is 470 g/mol. The van der Waals surface area contributed by atoms with E-state index in [2.05, 4.69) is 10.6 Å². The number of hydrogen-bond acceptors (Lipinski definition) is 2. The van der Waals surface area contributed by atoms with E-state index >= 15 is 0 Å². The zero-order chi connectivity index (χ0) is 23.5. The number of carbonyl (C=O) groups is 2. The first-order valence-electron chi connectivity index (χ1n) is 11.7. The third-order valence-electron chi connectivity index (χ3n) is 7.44.